The van der Waals surface area contributed by atoms with Crippen LogP contribution in [0.25, 0.3) is 0 Å². The first kappa shape index (κ1) is 35.9. The van der Waals surface area contributed by atoms with Gasteiger partial charge in [-0.15, -0.1) is 0 Å². The number of non-ortho nitro benzene ring substituents is 2. The molecule has 15 nitrogen and oxygen atoms in total. The lowest BCUT2D eigenvalue weighted by molar-refractivity contribution is -0.385. The van der Waals surface area contributed by atoms with Crippen LogP contribution in [0.15, 0.2) is 72.8 Å². The molecule has 0 aliphatic carbocycles. The summed E-state index contributed by atoms with van der Waals surface area (Å²) in [4.78, 5) is 65.9. The molecule has 1 unspecified atom stereocenters. The van der Waals surface area contributed by atoms with Crippen LogP contribution in [0.4, 0.5) is 21.0 Å². The number of likely N-dealkylation sites (tertiary alicyclic amines) is 1. The van der Waals surface area contributed by atoms with Gasteiger partial charge in [-0.25, -0.2) is 9.59 Å². The van der Waals surface area contributed by atoms with Gasteiger partial charge in [0.25, 0.3) is 11.4 Å². The fourth-order valence-corrected chi connectivity index (χ4v) is 7.03. The largest absolute Gasteiger partial charge is 0.497 e. The van der Waals surface area contributed by atoms with Crippen LogP contribution in [-0.2, 0) is 33.2 Å². The van der Waals surface area contributed by atoms with E-state index >= 15 is 0 Å². The molecule has 0 N–H and O–H groups in total. The fraction of sp³-hybridized carbons (Fsp3) is 0.382. The van der Waals surface area contributed by atoms with E-state index in [1.807, 2.05) is 31.2 Å². The normalized spacial score (nSPS) is 18.8. The van der Waals surface area contributed by atoms with Crippen LogP contribution < -0.4 is 4.74 Å². The molecule has 2 saturated heterocycles. The minimum absolute atomic E-state index is 0.0519. The van der Waals surface area contributed by atoms with Gasteiger partial charge in [0.15, 0.2) is 0 Å². The summed E-state index contributed by atoms with van der Waals surface area (Å²) in [6.45, 7) is 2.63. The van der Waals surface area contributed by atoms with Crippen LogP contribution in [-0.4, -0.2) is 93.3 Å². The zero-order chi connectivity index (χ0) is 35.8. The number of ether oxygens (including phenoxy) is 3. The zero-order valence-corrected chi connectivity index (χ0v) is 28.4. The number of nitrogens with zero attached hydrogens (tertiary/aromatic N) is 5. The van der Waals surface area contributed by atoms with Crippen molar-refractivity contribution in [3.8, 4) is 5.75 Å². The van der Waals surface area contributed by atoms with Crippen molar-refractivity contribution < 1.29 is 38.4 Å². The van der Waals surface area contributed by atoms with Gasteiger partial charge in [0, 0.05) is 67.5 Å². The predicted molar refractivity (Wildman–Crippen MR) is 182 cm³/mol. The summed E-state index contributed by atoms with van der Waals surface area (Å²) in [6, 6.07) is 18.0. The molecule has 264 valence electrons. The van der Waals surface area contributed by atoms with Gasteiger partial charge >= 0.3 is 12.2 Å². The summed E-state index contributed by atoms with van der Waals surface area (Å²) in [5.41, 5.74) is 2.11. The van der Waals surface area contributed by atoms with Crippen molar-refractivity contribution in [2.45, 2.75) is 49.6 Å². The molecule has 0 saturated carbocycles. The van der Waals surface area contributed by atoms with Gasteiger partial charge < -0.3 is 24.0 Å². The molecule has 3 atom stereocenters. The van der Waals surface area contributed by atoms with Crippen LogP contribution in [0, 0.1) is 20.2 Å². The van der Waals surface area contributed by atoms with E-state index in [1.54, 1.807) is 23.8 Å². The number of carbonyl (C=O) groups excluding carboxylic acids is 3. The molecule has 5 rings (SSSR count). The average Bonchev–Trinajstić information content (AvgIpc) is 3.56. The van der Waals surface area contributed by atoms with Crippen molar-refractivity contribution in [2.75, 3.05) is 33.3 Å². The Kier molecular flexibility index (Phi) is 11.7. The number of carbonyl (C=O) groups is 3. The highest BCUT2D eigenvalue weighted by atomic mass is 32.2. The second kappa shape index (κ2) is 16.3. The molecule has 0 spiro atoms. The number of nitro benzene ring substituents is 2. The minimum atomic E-state index is -0.782. The smallest absolute Gasteiger partial charge is 0.410 e. The van der Waals surface area contributed by atoms with Crippen LogP contribution >= 0.6 is 11.8 Å². The third-order valence-corrected chi connectivity index (χ3v) is 9.93. The topological polar surface area (TPSA) is 175 Å². The molecule has 0 radical (unpaired) electrons. The summed E-state index contributed by atoms with van der Waals surface area (Å²) in [5.74, 6) is 1.17. The second-order valence-electron chi connectivity index (χ2n) is 12.0. The Bertz CT molecular complexity index is 1690. The van der Waals surface area contributed by atoms with Gasteiger partial charge in [-0.2, -0.15) is 11.8 Å². The number of methoxy groups -OCH3 is 1. The molecule has 16 heteroatoms. The van der Waals surface area contributed by atoms with E-state index in [4.69, 9.17) is 14.2 Å². The van der Waals surface area contributed by atoms with E-state index in [-0.39, 0.29) is 61.4 Å². The van der Waals surface area contributed by atoms with Gasteiger partial charge in [-0.3, -0.25) is 29.9 Å². The van der Waals surface area contributed by atoms with Gasteiger partial charge in [0.2, 0.25) is 5.91 Å². The highest BCUT2D eigenvalue weighted by Crippen LogP contribution is 2.33. The average molecular weight is 708 g/mol. The molecule has 3 amide bonds. The van der Waals surface area contributed by atoms with Crippen molar-refractivity contribution in [1.29, 1.82) is 0 Å². The number of rotatable bonds is 11. The predicted octanol–water partition coefficient (Wildman–Crippen LogP) is 5.39. The number of thioether (sulfide) groups is 1. The Morgan fingerprint density at radius 2 is 1.30 bits per heavy atom. The summed E-state index contributed by atoms with van der Waals surface area (Å²) in [7, 11) is 1.60. The zero-order valence-electron chi connectivity index (χ0n) is 27.5. The van der Waals surface area contributed by atoms with Gasteiger partial charge in [-0.05, 0) is 66.4 Å². The van der Waals surface area contributed by atoms with Crippen molar-refractivity contribution in [1.82, 2.24) is 14.7 Å². The molecule has 50 heavy (non-hydrogen) atoms. The number of benzene rings is 3. The first-order chi connectivity index (χ1) is 24.0. The Balaban J connectivity index is 1.20. The molecular formula is C34H37N5O10S. The van der Waals surface area contributed by atoms with Gasteiger partial charge in [0.1, 0.15) is 25.0 Å². The number of hydrogen-bond donors (Lipinski definition) is 0. The standard InChI is InChI=1S/C34H37N5O10S/c1-23-18-35(33(41)48-20-24-3-9-27(10-4-24)38(43)44)15-16-36(23)32(40)31-17-30(50-22-26-7-13-29(47-2)14-8-26)19-37(31)34(42)49-21-25-5-11-28(12-6-25)39(45)46/h3-14,23,30-31H,15-22H2,1-2H3/t23?,30-,31-/m0/s1. The SMILES string of the molecule is COc1ccc(CS[C@H]2C[C@@H](C(=O)N3CCN(C(=O)OCc4ccc([N+](=O)[O-])cc4)CC3C)N(C(=O)OCc3ccc([N+](=O)[O-])cc3)C2)cc1. The van der Waals surface area contributed by atoms with Crippen molar-refractivity contribution in [3.05, 3.63) is 110 Å². The molecule has 3 aromatic carbocycles. The highest BCUT2D eigenvalue weighted by Gasteiger charge is 2.44. The third kappa shape index (κ3) is 8.99. The Morgan fingerprint density at radius 3 is 1.82 bits per heavy atom. The van der Waals surface area contributed by atoms with Crippen molar-refractivity contribution in [3.63, 3.8) is 0 Å². The monoisotopic (exact) mass is 707 g/mol. The molecular weight excluding hydrogens is 670 g/mol. The highest BCUT2D eigenvalue weighted by molar-refractivity contribution is 7.99. The summed E-state index contributed by atoms with van der Waals surface area (Å²) in [6.07, 6.45) is -0.804. The fourth-order valence-electron chi connectivity index (χ4n) is 5.82. The van der Waals surface area contributed by atoms with E-state index in [1.165, 1.54) is 58.3 Å². The lowest BCUT2D eigenvalue weighted by atomic mass is 10.1. The van der Waals surface area contributed by atoms with Crippen LogP contribution in [0.5, 0.6) is 5.75 Å². The summed E-state index contributed by atoms with van der Waals surface area (Å²) < 4.78 is 16.3. The molecule has 2 aliphatic rings. The van der Waals surface area contributed by atoms with Gasteiger partial charge in [0.05, 0.1) is 17.0 Å². The van der Waals surface area contributed by atoms with Crippen molar-refractivity contribution >= 4 is 41.2 Å². The molecule has 3 aromatic rings. The molecule has 2 heterocycles. The third-order valence-electron chi connectivity index (χ3n) is 8.61. The van der Waals surface area contributed by atoms with Gasteiger partial charge in [-0.1, -0.05) is 12.1 Å². The molecule has 2 fully saturated rings. The maximum Gasteiger partial charge on any atom is 0.410 e. The number of hydrogen-bond acceptors (Lipinski definition) is 11. The number of nitro groups is 2. The van der Waals surface area contributed by atoms with E-state index in [0.29, 0.717) is 29.8 Å². The number of amides is 3. The molecule has 2 aliphatic heterocycles. The minimum Gasteiger partial charge on any atom is -0.497 e. The summed E-state index contributed by atoms with van der Waals surface area (Å²) >= 11 is 1.64. The van der Waals surface area contributed by atoms with E-state index in [0.717, 1.165) is 11.3 Å². The van der Waals surface area contributed by atoms with E-state index < -0.39 is 28.1 Å². The van der Waals surface area contributed by atoms with E-state index in [9.17, 15) is 34.6 Å². The number of piperazine rings is 1. The lowest BCUT2D eigenvalue weighted by Gasteiger charge is -2.41. The Hall–Kier alpha value is -5.38. The van der Waals surface area contributed by atoms with Crippen molar-refractivity contribution in [2.24, 2.45) is 0 Å². The van der Waals surface area contributed by atoms with Crippen LogP contribution in [0.3, 0.4) is 0 Å². The first-order valence-electron chi connectivity index (χ1n) is 15.9. The van der Waals surface area contributed by atoms with E-state index in [2.05, 4.69) is 0 Å². The maximum absolute atomic E-state index is 14.1. The lowest BCUT2D eigenvalue weighted by Crippen LogP contribution is -2.59. The summed E-state index contributed by atoms with van der Waals surface area (Å²) in [5, 5.41) is 21.8. The Labute approximate surface area is 292 Å². The Morgan fingerprint density at radius 1 is 0.760 bits per heavy atom. The second-order valence-corrected chi connectivity index (χ2v) is 13.3. The maximum atomic E-state index is 14.1. The quantitative estimate of drug-likeness (QED) is 0.184. The van der Waals surface area contributed by atoms with Crippen LogP contribution in [0.1, 0.15) is 30.0 Å². The molecule has 0 aromatic heterocycles. The van der Waals surface area contributed by atoms with Crippen LogP contribution in [0.2, 0.25) is 0 Å². The molecule has 0 bridgehead atoms. The first-order valence-corrected chi connectivity index (χ1v) is 16.9.